The minimum atomic E-state index is -0.00255. The van der Waals surface area contributed by atoms with E-state index in [2.05, 4.69) is 30.5 Å². The molecule has 3 saturated carbocycles. The topological polar surface area (TPSA) is 107 Å². The maximum atomic E-state index is 13.5. The molecule has 3 heterocycles. The van der Waals surface area contributed by atoms with E-state index in [9.17, 15) is 9.59 Å². The fraction of sp³-hybridized carbons (Fsp3) is 0.593. The number of rotatable bonds is 9. The first-order valence-electron chi connectivity index (χ1n) is 13.5. The van der Waals surface area contributed by atoms with Crippen LogP contribution in [0.5, 0.6) is 0 Å². The highest BCUT2D eigenvalue weighted by atomic mass is 32.1. The van der Waals surface area contributed by atoms with Crippen molar-refractivity contribution < 1.29 is 9.59 Å². The van der Waals surface area contributed by atoms with Crippen molar-refractivity contribution in [3.8, 4) is 0 Å². The van der Waals surface area contributed by atoms with Crippen LogP contribution in [0, 0.1) is 24.2 Å². The first kappa shape index (κ1) is 23.1. The van der Waals surface area contributed by atoms with Crippen molar-refractivity contribution in [1.29, 1.82) is 0 Å². The molecule has 10 heteroatoms. The normalized spacial score (nSPS) is 23.1. The van der Waals surface area contributed by atoms with Crippen LogP contribution in [0.1, 0.15) is 75.9 Å². The number of amides is 1. The summed E-state index contributed by atoms with van der Waals surface area (Å²) >= 11 is 1.70. The lowest BCUT2D eigenvalue weighted by Gasteiger charge is -2.25. The third kappa shape index (κ3) is 4.28. The molecule has 3 fully saturated rings. The van der Waals surface area contributed by atoms with Gasteiger partial charge >= 0.3 is 0 Å². The van der Waals surface area contributed by atoms with Crippen molar-refractivity contribution in [2.24, 2.45) is 24.3 Å². The number of carbonyl (C=O) groups is 2. The number of hydrogen-bond donors (Lipinski definition) is 2. The Kier molecular flexibility index (Phi) is 5.32. The molecule has 0 radical (unpaired) electrons. The molecule has 0 aromatic carbocycles. The van der Waals surface area contributed by atoms with E-state index in [0.717, 1.165) is 59.7 Å². The van der Waals surface area contributed by atoms with Crippen LogP contribution < -0.4 is 10.6 Å². The van der Waals surface area contributed by atoms with E-state index in [1.807, 2.05) is 20.0 Å². The fourth-order valence-corrected chi connectivity index (χ4v) is 7.49. The minimum Gasteiger partial charge on any atom is -0.352 e. The Hall–Kier alpha value is -3.01. The van der Waals surface area contributed by atoms with Crippen LogP contribution in [0.2, 0.25) is 0 Å². The lowest BCUT2D eigenvalue weighted by atomic mass is 9.89. The van der Waals surface area contributed by atoms with Gasteiger partial charge in [-0.25, -0.2) is 0 Å². The van der Waals surface area contributed by atoms with Gasteiger partial charge in [0.2, 0.25) is 5.95 Å². The van der Waals surface area contributed by atoms with E-state index in [0.29, 0.717) is 29.5 Å². The van der Waals surface area contributed by atoms with Crippen LogP contribution in [-0.4, -0.2) is 42.8 Å². The minimum absolute atomic E-state index is 0.00255. The molecule has 0 saturated heterocycles. The Balaban J connectivity index is 1.15. The van der Waals surface area contributed by atoms with E-state index in [4.69, 9.17) is 0 Å². The van der Waals surface area contributed by atoms with Gasteiger partial charge < -0.3 is 10.6 Å². The Morgan fingerprint density at radius 3 is 2.78 bits per heavy atom. The van der Waals surface area contributed by atoms with Crippen LogP contribution in [0.3, 0.4) is 0 Å². The highest BCUT2D eigenvalue weighted by molar-refractivity contribution is 7.12. The molecule has 194 valence electrons. The highest BCUT2D eigenvalue weighted by Crippen LogP contribution is 2.71. The van der Waals surface area contributed by atoms with Gasteiger partial charge in [-0.15, -0.1) is 21.5 Å². The summed E-state index contributed by atoms with van der Waals surface area (Å²) in [4.78, 5) is 28.9. The average Bonchev–Trinajstić information content (AvgIpc) is 3.83. The molecule has 4 aliphatic rings. The van der Waals surface area contributed by atoms with Gasteiger partial charge in [-0.1, -0.05) is 0 Å². The number of nitrogens with zero attached hydrogens (tertiary/aromatic N) is 5. The van der Waals surface area contributed by atoms with Crippen LogP contribution in [0.4, 0.5) is 11.8 Å². The number of Topliss-reactive ketones (excluding diaryl/α,β-unsaturated/α-hetero) is 1. The number of nitrogens with one attached hydrogen (secondary N) is 2. The molecule has 9 nitrogen and oxygen atoms in total. The molecule has 2 N–H and O–H groups in total. The average molecular weight is 520 g/mol. The SMILES string of the molecule is Cc1cc(Nc2nncn2[C@H]2CCc3sc(CC(=O)C4CC45CC5)c(C(=O)NCC4CC4)c3C2)n(C)n1. The lowest BCUT2D eigenvalue weighted by Crippen LogP contribution is -2.28. The largest absolute Gasteiger partial charge is 0.352 e. The fourth-order valence-electron chi connectivity index (χ4n) is 6.13. The molecule has 1 spiro atoms. The van der Waals surface area contributed by atoms with Crippen molar-refractivity contribution in [2.75, 3.05) is 11.9 Å². The number of thiophene rings is 1. The second-order valence-electron chi connectivity index (χ2n) is 11.6. The van der Waals surface area contributed by atoms with E-state index < -0.39 is 0 Å². The highest BCUT2D eigenvalue weighted by Gasteiger charge is 2.65. The van der Waals surface area contributed by atoms with Crippen molar-refractivity contribution in [1.82, 2.24) is 29.9 Å². The van der Waals surface area contributed by atoms with E-state index in [-0.39, 0.29) is 17.9 Å². The predicted octanol–water partition coefficient (Wildman–Crippen LogP) is 3.91. The summed E-state index contributed by atoms with van der Waals surface area (Å²) in [5.74, 6) is 2.69. The number of aryl methyl sites for hydroxylation is 3. The molecule has 0 aliphatic heterocycles. The zero-order valence-electron chi connectivity index (χ0n) is 21.4. The number of anilines is 2. The Morgan fingerprint density at radius 1 is 1.24 bits per heavy atom. The van der Waals surface area contributed by atoms with E-state index in [1.165, 1.54) is 30.6 Å². The lowest BCUT2D eigenvalue weighted by molar-refractivity contribution is -0.119. The molecule has 0 bridgehead atoms. The van der Waals surface area contributed by atoms with Gasteiger partial charge in [0, 0.05) is 47.8 Å². The molecule has 3 aromatic heterocycles. The number of ketones is 1. The van der Waals surface area contributed by atoms with E-state index >= 15 is 0 Å². The third-order valence-electron chi connectivity index (χ3n) is 8.80. The number of carbonyl (C=O) groups excluding carboxylic acids is 2. The summed E-state index contributed by atoms with van der Waals surface area (Å²) in [6.45, 7) is 2.69. The smallest absolute Gasteiger partial charge is 0.252 e. The van der Waals surface area contributed by atoms with Gasteiger partial charge in [-0.2, -0.15) is 5.10 Å². The van der Waals surface area contributed by atoms with Gasteiger partial charge in [0.1, 0.15) is 17.9 Å². The van der Waals surface area contributed by atoms with E-state index in [1.54, 1.807) is 22.3 Å². The second kappa shape index (κ2) is 8.51. The molecule has 4 aliphatic carbocycles. The number of fused-ring (bicyclic) bond motifs is 1. The Labute approximate surface area is 220 Å². The predicted molar refractivity (Wildman–Crippen MR) is 140 cm³/mol. The number of hydrogen-bond acceptors (Lipinski definition) is 7. The molecule has 1 amide bonds. The third-order valence-corrected chi connectivity index (χ3v) is 10.1. The maximum Gasteiger partial charge on any atom is 0.252 e. The van der Waals surface area contributed by atoms with Crippen molar-refractivity contribution in [3.05, 3.63) is 39.0 Å². The Morgan fingerprint density at radius 2 is 2.08 bits per heavy atom. The summed E-state index contributed by atoms with van der Waals surface area (Å²) in [6.07, 6.45) is 10.6. The van der Waals surface area contributed by atoms with Crippen molar-refractivity contribution in [3.63, 3.8) is 0 Å². The van der Waals surface area contributed by atoms with Gasteiger partial charge in [-0.3, -0.25) is 18.8 Å². The monoisotopic (exact) mass is 519 g/mol. The zero-order valence-corrected chi connectivity index (χ0v) is 22.2. The first-order chi connectivity index (χ1) is 17.9. The molecule has 3 aromatic rings. The molecule has 1 unspecified atom stereocenters. The summed E-state index contributed by atoms with van der Waals surface area (Å²) in [7, 11) is 1.90. The molecule has 2 atom stereocenters. The maximum absolute atomic E-state index is 13.5. The second-order valence-corrected chi connectivity index (χ2v) is 12.8. The molecular weight excluding hydrogens is 486 g/mol. The summed E-state index contributed by atoms with van der Waals surface area (Å²) in [5.41, 5.74) is 3.16. The van der Waals surface area contributed by atoms with Crippen LogP contribution in [0.25, 0.3) is 0 Å². The van der Waals surface area contributed by atoms with Crippen molar-refractivity contribution in [2.45, 2.75) is 70.8 Å². The first-order valence-corrected chi connectivity index (χ1v) is 14.3. The molecule has 37 heavy (non-hydrogen) atoms. The van der Waals surface area contributed by atoms with Gasteiger partial charge in [0.15, 0.2) is 0 Å². The zero-order chi connectivity index (χ0) is 25.3. The summed E-state index contributed by atoms with van der Waals surface area (Å²) < 4.78 is 3.88. The van der Waals surface area contributed by atoms with Gasteiger partial charge in [0.05, 0.1) is 11.3 Å². The molecular formula is C27H33N7O2S. The molecule has 7 rings (SSSR count). The van der Waals surface area contributed by atoms with Gasteiger partial charge in [0.25, 0.3) is 5.91 Å². The standard InChI is InChI=1S/C27H33N7O2S/c1-15-9-23(33(2)32-15)30-26-31-29-14-34(26)17-5-6-21-18(10-17)24(25(36)28-13-16-3-4-16)22(37-21)11-20(35)19-12-27(19)7-8-27/h9,14,16-17,19H,3-8,10-13H2,1-2H3,(H,28,36)(H,30,31)/t17-,19?/m0/s1. The van der Waals surface area contributed by atoms with Crippen LogP contribution >= 0.6 is 11.3 Å². The van der Waals surface area contributed by atoms with Crippen molar-refractivity contribution >= 4 is 34.8 Å². The Bertz CT molecular complexity index is 1390. The van der Waals surface area contributed by atoms with Crippen LogP contribution in [-0.2, 0) is 31.1 Å². The number of aromatic nitrogens is 5. The van der Waals surface area contributed by atoms with Crippen LogP contribution in [0.15, 0.2) is 12.4 Å². The van der Waals surface area contributed by atoms with Gasteiger partial charge in [-0.05, 0) is 75.2 Å². The summed E-state index contributed by atoms with van der Waals surface area (Å²) in [6, 6.07) is 2.11. The quantitative estimate of drug-likeness (QED) is 0.444. The summed E-state index contributed by atoms with van der Waals surface area (Å²) in [5, 5.41) is 19.5.